The summed E-state index contributed by atoms with van der Waals surface area (Å²) in [6, 6.07) is 19.0. The highest BCUT2D eigenvalue weighted by Gasteiger charge is 2.31. The molecule has 0 spiro atoms. The Bertz CT molecular complexity index is 1560. The molecule has 0 aliphatic carbocycles. The van der Waals surface area contributed by atoms with E-state index >= 15 is 0 Å². The number of nitrogens with zero attached hydrogens (tertiary/aromatic N) is 1. The van der Waals surface area contributed by atoms with Crippen molar-refractivity contribution in [3.8, 4) is 17.2 Å². The van der Waals surface area contributed by atoms with Gasteiger partial charge in [-0.15, -0.1) is 0 Å². The van der Waals surface area contributed by atoms with Crippen LogP contribution in [0.3, 0.4) is 0 Å². The van der Waals surface area contributed by atoms with Gasteiger partial charge in [-0.1, -0.05) is 12.1 Å². The maximum absolute atomic E-state index is 11.9. The maximum Gasteiger partial charge on any atom is 0.336 e. The second-order valence-electron chi connectivity index (χ2n) is 9.38. The molecule has 4 aromatic rings. The van der Waals surface area contributed by atoms with Crippen molar-refractivity contribution < 1.29 is 18.6 Å². The van der Waals surface area contributed by atoms with Gasteiger partial charge in [0.25, 0.3) is 0 Å². The third-order valence-corrected chi connectivity index (χ3v) is 7.20. The third kappa shape index (κ3) is 5.17. The molecule has 38 heavy (non-hydrogen) atoms. The first kappa shape index (κ1) is 25.6. The lowest BCUT2D eigenvalue weighted by molar-refractivity contribution is 0.190. The highest BCUT2D eigenvalue weighted by atomic mass is 32.1. The van der Waals surface area contributed by atoms with Gasteiger partial charge in [-0.2, -0.15) is 0 Å². The molecule has 1 N–H and O–H groups in total. The summed E-state index contributed by atoms with van der Waals surface area (Å²) in [7, 11) is 3.27. The monoisotopic (exact) mass is 530 g/mol. The van der Waals surface area contributed by atoms with Crippen LogP contribution in [0.2, 0.25) is 0 Å². The number of thiocarbonyl (C=S) groups is 1. The molecule has 3 aromatic carbocycles. The minimum atomic E-state index is -0.381. The Labute approximate surface area is 226 Å². The first-order valence-corrected chi connectivity index (χ1v) is 12.8. The predicted molar refractivity (Wildman–Crippen MR) is 153 cm³/mol. The van der Waals surface area contributed by atoms with Crippen molar-refractivity contribution in [3.63, 3.8) is 0 Å². The summed E-state index contributed by atoms with van der Waals surface area (Å²) in [5, 5.41) is 4.89. The molecule has 196 valence electrons. The fourth-order valence-corrected chi connectivity index (χ4v) is 5.28. The van der Waals surface area contributed by atoms with Crippen molar-refractivity contribution in [2.45, 2.75) is 26.3 Å². The van der Waals surface area contributed by atoms with Crippen LogP contribution in [0.4, 0.5) is 5.69 Å². The molecule has 1 atom stereocenters. The number of benzene rings is 3. The number of ether oxygens (including phenoxy) is 3. The van der Waals surface area contributed by atoms with Crippen molar-refractivity contribution in [1.29, 1.82) is 0 Å². The van der Waals surface area contributed by atoms with E-state index in [4.69, 9.17) is 30.8 Å². The van der Waals surface area contributed by atoms with E-state index in [0.717, 1.165) is 39.7 Å². The number of aryl methyl sites for hydroxylation is 2. The minimum absolute atomic E-state index is 0.191. The van der Waals surface area contributed by atoms with Crippen LogP contribution < -0.4 is 25.2 Å². The number of fused-ring (bicyclic) bond motifs is 2. The van der Waals surface area contributed by atoms with Crippen LogP contribution in [0.5, 0.6) is 17.2 Å². The number of nitrogens with one attached hydrogen (secondary N) is 1. The second-order valence-corrected chi connectivity index (χ2v) is 9.77. The largest absolute Gasteiger partial charge is 0.493 e. The highest BCUT2D eigenvalue weighted by Crippen LogP contribution is 2.39. The Morgan fingerprint density at radius 2 is 1.84 bits per heavy atom. The summed E-state index contributed by atoms with van der Waals surface area (Å²) in [6.07, 6.45) is 0.794. The van der Waals surface area contributed by atoms with Crippen molar-refractivity contribution in [2.75, 3.05) is 32.7 Å². The molecule has 0 fully saturated rings. The van der Waals surface area contributed by atoms with E-state index in [0.29, 0.717) is 41.1 Å². The summed E-state index contributed by atoms with van der Waals surface area (Å²) in [4.78, 5) is 14.1. The summed E-state index contributed by atoms with van der Waals surface area (Å²) in [5.41, 5.74) is 5.29. The van der Waals surface area contributed by atoms with Gasteiger partial charge in [0, 0.05) is 29.8 Å². The molecule has 2 heterocycles. The minimum Gasteiger partial charge on any atom is -0.493 e. The van der Waals surface area contributed by atoms with Gasteiger partial charge in [0.1, 0.15) is 17.9 Å². The van der Waals surface area contributed by atoms with E-state index < -0.39 is 0 Å². The van der Waals surface area contributed by atoms with Crippen LogP contribution in [0.15, 0.2) is 69.9 Å². The standard InChI is InChI=1S/C30H30N2O5S/c1-18-6-5-7-21(12-18)31-30(38)32-11-10-20-14-27(34-3)28(35-4)16-24(20)25(32)17-36-22-8-9-23-19(2)13-29(33)37-26(23)15-22/h5-9,12-16,25H,10-11,17H2,1-4H3,(H,31,38)/t25-/m0/s1. The fourth-order valence-electron chi connectivity index (χ4n) is 4.94. The summed E-state index contributed by atoms with van der Waals surface area (Å²) < 4.78 is 22.9. The average Bonchev–Trinajstić information content (AvgIpc) is 2.90. The lowest BCUT2D eigenvalue weighted by Gasteiger charge is -2.39. The molecule has 1 aromatic heterocycles. The molecular formula is C30H30N2O5S. The van der Waals surface area contributed by atoms with E-state index in [9.17, 15) is 4.79 Å². The SMILES string of the molecule is COc1cc2c(cc1OC)[C@H](COc1ccc3c(C)cc(=O)oc3c1)N(C(=S)Nc1cccc(C)c1)CC2. The van der Waals surface area contributed by atoms with Gasteiger partial charge in [0.2, 0.25) is 0 Å². The Balaban J connectivity index is 1.47. The zero-order valence-corrected chi connectivity index (χ0v) is 22.7. The molecule has 8 heteroatoms. The fraction of sp³-hybridized carbons (Fsp3) is 0.267. The Morgan fingerprint density at radius 1 is 1.05 bits per heavy atom. The van der Waals surface area contributed by atoms with Crippen molar-refractivity contribution in [3.05, 3.63) is 93.3 Å². The van der Waals surface area contributed by atoms with Crippen LogP contribution in [0, 0.1) is 13.8 Å². The van der Waals surface area contributed by atoms with E-state index in [1.54, 1.807) is 20.3 Å². The van der Waals surface area contributed by atoms with Crippen LogP contribution in [-0.4, -0.2) is 37.4 Å². The van der Waals surface area contributed by atoms with Crippen molar-refractivity contribution in [2.24, 2.45) is 0 Å². The second kappa shape index (κ2) is 10.8. The molecular weight excluding hydrogens is 500 g/mol. The van der Waals surface area contributed by atoms with E-state index in [1.807, 2.05) is 43.3 Å². The molecule has 5 rings (SSSR count). The third-order valence-electron chi connectivity index (χ3n) is 6.86. The number of methoxy groups -OCH3 is 2. The quantitative estimate of drug-likeness (QED) is 0.248. The number of hydrogen-bond donors (Lipinski definition) is 1. The van der Waals surface area contributed by atoms with E-state index in [1.165, 1.54) is 6.07 Å². The first-order valence-electron chi connectivity index (χ1n) is 12.4. The maximum atomic E-state index is 11.9. The average molecular weight is 531 g/mol. The van der Waals surface area contributed by atoms with Crippen LogP contribution >= 0.6 is 12.2 Å². The van der Waals surface area contributed by atoms with Crippen molar-refractivity contribution >= 4 is 34.0 Å². The summed E-state index contributed by atoms with van der Waals surface area (Å²) in [5.74, 6) is 1.95. The molecule has 0 unspecified atom stereocenters. The van der Waals surface area contributed by atoms with Gasteiger partial charge in [0.05, 0.1) is 20.3 Å². The molecule has 7 nitrogen and oxygen atoms in total. The lowest BCUT2D eigenvalue weighted by Crippen LogP contribution is -2.44. The molecule has 1 aliphatic heterocycles. The van der Waals surface area contributed by atoms with Gasteiger partial charge < -0.3 is 28.8 Å². The van der Waals surface area contributed by atoms with Gasteiger partial charge in [-0.05, 0) is 91.1 Å². The van der Waals surface area contributed by atoms with Gasteiger partial charge >= 0.3 is 5.63 Å². The van der Waals surface area contributed by atoms with Crippen LogP contribution in [0.1, 0.15) is 28.3 Å². The molecule has 0 amide bonds. The lowest BCUT2D eigenvalue weighted by atomic mass is 9.92. The zero-order valence-electron chi connectivity index (χ0n) is 21.9. The van der Waals surface area contributed by atoms with Crippen molar-refractivity contribution in [1.82, 2.24) is 4.90 Å². The smallest absolute Gasteiger partial charge is 0.336 e. The van der Waals surface area contributed by atoms with E-state index in [-0.39, 0.29) is 11.7 Å². The molecule has 0 saturated heterocycles. The Kier molecular flexibility index (Phi) is 7.24. The number of hydrogen-bond acceptors (Lipinski definition) is 6. The summed E-state index contributed by atoms with van der Waals surface area (Å²) in [6.45, 7) is 4.97. The van der Waals surface area contributed by atoms with Gasteiger partial charge in [-0.3, -0.25) is 0 Å². The number of rotatable bonds is 6. The topological polar surface area (TPSA) is 73.2 Å². The van der Waals surface area contributed by atoms with E-state index in [2.05, 4.69) is 29.3 Å². The number of anilines is 1. The van der Waals surface area contributed by atoms with Gasteiger partial charge in [-0.25, -0.2) is 4.79 Å². The Morgan fingerprint density at radius 3 is 2.61 bits per heavy atom. The normalized spacial score (nSPS) is 14.6. The molecule has 0 radical (unpaired) electrons. The zero-order chi connectivity index (χ0) is 26.8. The molecule has 0 saturated carbocycles. The van der Waals surface area contributed by atoms with Crippen LogP contribution in [0.25, 0.3) is 11.0 Å². The molecule has 1 aliphatic rings. The summed E-state index contributed by atoms with van der Waals surface area (Å²) >= 11 is 5.89. The first-order chi connectivity index (χ1) is 18.4. The Hall–Kier alpha value is -4.04. The molecule has 0 bridgehead atoms. The predicted octanol–water partition coefficient (Wildman–Crippen LogP) is 5.80. The highest BCUT2D eigenvalue weighted by molar-refractivity contribution is 7.80. The van der Waals surface area contributed by atoms with Crippen LogP contribution in [-0.2, 0) is 6.42 Å². The van der Waals surface area contributed by atoms with Gasteiger partial charge in [0.15, 0.2) is 16.6 Å².